The molecule has 2 nitrogen and oxygen atoms in total. The summed E-state index contributed by atoms with van der Waals surface area (Å²) in [6.45, 7) is 8.57. The van der Waals surface area contributed by atoms with Crippen molar-refractivity contribution in [2.75, 3.05) is 18.4 Å². The summed E-state index contributed by atoms with van der Waals surface area (Å²) in [6.07, 6.45) is 3.20. The van der Waals surface area contributed by atoms with E-state index < -0.39 is 0 Å². The second-order valence-electron chi connectivity index (χ2n) is 6.93. The molecule has 2 aromatic carbocycles. The molecule has 1 saturated heterocycles. The summed E-state index contributed by atoms with van der Waals surface area (Å²) in [5.74, 6) is 0.576. The molecular formula is C22H28N2S. The third-order valence-corrected chi connectivity index (χ3v) is 5.62. The number of likely N-dealkylation sites (tertiary alicyclic amines) is 1. The number of rotatable bonds is 4. The molecule has 1 heterocycles. The number of anilines is 1. The number of hydrogen-bond acceptors (Lipinski definition) is 1. The van der Waals surface area contributed by atoms with Crippen LogP contribution >= 0.6 is 12.2 Å². The zero-order chi connectivity index (χ0) is 17.8. The largest absolute Gasteiger partial charge is 0.348 e. The van der Waals surface area contributed by atoms with Crippen LogP contribution in [0, 0.1) is 6.92 Å². The minimum absolute atomic E-state index is 0.576. The molecule has 0 spiro atoms. The molecule has 1 N–H and O–H groups in total. The molecule has 1 aliphatic heterocycles. The van der Waals surface area contributed by atoms with Crippen LogP contribution in [0.1, 0.15) is 48.4 Å². The van der Waals surface area contributed by atoms with Gasteiger partial charge in [0.2, 0.25) is 0 Å². The maximum atomic E-state index is 5.75. The van der Waals surface area contributed by atoms with Gasteiger partial charge in [0.15, 0.2) is 5.11 Å². The highest BCUT2D eigenvalue weighted by Gasteiger charge is 2.26. The smallest absolute Gasteiger partial charge is 0.173 e. The normalized spacial score (nSPS) is 16.9. The molecule has 25 heavy (non-hydrogen) atoms. The molecule has 0 saturated carbocycles. The highest BCUT2D eigenvalue weighted by molar-refractivity contribution is 7.80. The van der Waals surface area contributed by atoms with E-state index in [1.54, 1.807) is 0 Å². The molecule has 0 radical (unpaired) electrons. The first-order chi connectivity index (χ1) is 12.1. The lowest BCUT2D eigenvalue weighted by Gasteiger charge is -2.23. The SMILES string of the molecule is CCc1cccc(CC)c1NC(=S)N1CC[C@@H](c2ccc(C)cc2)C1. The summed E-state index contributed by atoms with van der Waals surface area (Å²) in [5, 5.41) is 4.43. The number of thiocarbonyl (C=S) groups is 1. The Kier molecular flexibility index (Phi) is 5.74. The first-order valence-electron chi connectivity index (χ1n) is 9.35. The Balaban J connectivity index is 1.70. The molecule has 0 bridgehead atoms. The van der Waals surface area contributed by atoms with E-state index in [-0.39, 0.29) is 0 Å². The van der Waals surface area contributed by atoms with Crippen LogP contribution < -0.4 is 5.32 Å². The lowest BCUT2D eigenvalue weighted by atomic mass is 9.98. The second kappa shape index (κ2) is 8.01. The summed E-state index contributed by atoms with van der Waals surface area (Å²) < 4.78 is 0. The van der Waals surface area contributed by atoms with E-state index in [0.29, 0.717) is 5.92 Å². The van der Waals surface area contributed by atoms with Gasteiger partial charge in [0.05, 0.1) is 0 Å². The van der Waals surface area contributed by atoms with Crippen LogP contribution in [0.3, 0.4) is 0 Å². The quantitative estimate of drug-likeness (QED) is 0.751. The van der Waals surface area contributed by atoms with Crippen molar-refractivity contribution >= 4 is 23.0 Å². The molecule has 1 atom stereocenters. The van der Waals surface area contributed by atoms with E-state index in [9.17, 15) is 0 Å². The van der Waals surface area contributed by atoms with Crippen molar-refractivity contribution in [2.45, 2.75) is 46.0 Å². The molecule has 0 unspecified atom stereocenters. The van der Waals surface area contributed by atoms with Gasteiger partial charge in [0.25, 0.3) is 0 Å². The van der Waals surface area contributed by atoms with E-state index in [0.717, 1.165) is 31.0 Å². The molecule has 0 aliphatic carbocycles. The number of hydrogen-bond donors (Lipinski definition) is 1. The van der Waals surface area contributed by atoms with Gasteiger partial charge < -0.3 is 10.2 Å². The Morgan fingerprint density at radius 3 is 2.32 bits per heavy atom. The van der Waals surface area contributed by atoms with Crippen molar-refractivity contribution in [3.05, 3.63) is 64.7 Å². The summed E-state index contributed by atoms with van der Waals surface area (Å²) in [7, 11) is 0. The fraction of sp³-hybridized carbons (Fsp3) is 0.409. The van der Waals surface area contributed by atoms with Gasteiger partial charge in [-0.3, -0.25) is 0 Å². The van der Waals surface area contributed by atoms with Crippen LogP contribution in [-0.2, 0) is 12.8 Å². The van der Waals surface area contributed by atoms with E-state index in [1.165, 1.54) is 34.4 Å². The third-order valence-electron chi connectivity index (χ3n) is 5.26. The summed E-state index contributed by atoms with van der Waals surface area (Å²) in [6, 6.07) is 15.5. The Morgan fingerprint density at radius 1 is 1.08 bits per heavy atom. The minimum atomic E-state index is 0.576. The molecule has 2 aromatic rings. The summed E-state index contributed by atoms with van der Waals surface area (Å²) >= 11 is 5.75. The maximum Gasteiger partial charge on any atom is 0.173 e. The molecule has 3 heteroatoms. The average molecular weight is 353 g/mol. The summed E-state index contributed by atoms with van der Waals surface area (Å²) in [5.41, 5.74) is 6.65. The van der Waals surface area contributed by atoms with Gasteiger partial charge in [0.1, 0.15) is 0 Å². The lowest BCUT2D eigenvalue weighted by Crippen LogP contribution is -2.33. The van der Waals surface area contributed by atoms with E-state index >= 15 is 0 Å². The number of benzene rings is 2. The number of para-hydroxylation sites is 1. The average Bonchev–Trinajstić information content (AvgIpc) is 3.12. The summed E-state index contributed by atoms with van der Waals surface area (Å²) in [4.78, 5) is 2.33. The fourth-order valence-electron chi connectivity index (χ4n) is 3.64. The first-order valence-corrected chi connectivity index (χ1v) is 9.76. The maximum absolute atomic E-state index is 5.75. The van der Waals surface area contributed by atoms with Crippen LogP contribution in [0.15, 0.2) is 42.5 Å². The van der Waals surface area contributed by atoms with Crippen LogP contribution in [-0.4, -0.2) is 23.1 Å². The lowest BCUT2D eigenvalue weighted by molar-refractivity contribution is 0.518. The molecule has 1 aliphatic rings. The van der Waals surface area contributed by atoms with Crippen molar-refractivity contribution in [1.29, 1.82) is 0 Å². The van der Waals surface area contributed by atoms with E-state index in [2.05, 4.69) is 73.5 Å². The van der Waals surface area contributed by atoms with Gasteiger partial charge in [-0.25, -0.2) is 0 Å². The van der Waals surface area contributed by atoms with Crippen LogP contribution in [0.25, 0.3) is 0 Å². The topological polar surface area (TPSA) is 15.3 Å². The predicted octanol–water partition coefficient (Wildman–Crippen LogP) is 5.31. The second-order valence-corrected chi connectivity index (χ2v) is 7.32. The number of nitrogens with one attached hydrogen (secondary N) is 1. The Bertz CT molecular complexity index is 714. The highest BCUT2D eigenvalue weighted by atomic mass is 32.1. The standard InChI is InChI=1S/C22H28N2S/c1-4-17-7-6-8-18(5-2)21(17)23-22(25)24-14-13-20(15-24)19-11-9-16(3)10-12-19/h6-12,20H,4-5,13-15H2,1-3H3,(H,23,25)/t20-/m1/s1. The van der Waals surface area contributed by atoms with E-state index in [4.69, 9.17) is 12.2 Å². The van der Waals surface area contributed by atoms with Crippen molar-refractivity contribution < 1.29 is 0 Å². The Labute approximate surface area is 157 Å². The molecule has 1 fully saturated rings. The predicted molar refractivity (Wildman–Crippen MR) is 112 cm³/mol. The van der Waals surface area contributed by atoms with Gasteiger partial charge in [-0.1, -0.05) is 61.9 Å². The fourth-order valence-corrected chi connectivity index (χ4v) is 3.91. The Morgan fingerprint density at radius 2 is 1.72 bits per heavy atom. The van der Waals surface area contributed by atoms with Crippen molar-refractivity contribution in [1.82, 2.24) is 4.90 Å². The number of nitrogens with zero attached hydrogens (tertiary/aromatic N) is 1. The van der Waals surface area contributed by atoms with Crippen molar-refractivity contribution in [3.8, 4) is 0 Å². The van der Waals surface area contributed by atoms with Gasteiger partial charge in [-0.15, -0.1) is 0 Å². The van der Waals surface area contributed by atoms with Gasteiger partial charge in [-0.2, -0.15) is 0 Å². The molecule has 0 aromatic heterocycles. The van der Waals surface area contributed by atoms with Crippen LogP contribution in [0.4, 0.5) is 5.69 Å². The Hall–Kier alpha value is -1.87. The van der Waals surface area contributed by atoms with Crippen LogP contribution in [0.5, 0.6) is 0 Å². The van der Waals surface area contributed by atoms with Crippen molar-refractivity contribution in [3.63, 3.8) is 0 Å². The minimum Gasteiger partial charge on any atom is -0.348 e. The van der Waals surface area contributed by atoms with Crippen LogP contribution in [0.2, 0.25) is 0 Å². The zero-order valence-corrected chi connectivity index (χ0v) is 16.3. The molecule has 0 amide bonds. The van der Waals surface area contributed by atoms with E-state index in [1.807, 2.05) is 0 Å². The highest BCUT2D eigenvalue weighted by Crippen LogP contribution is 2.29. The van der Waals surface area contributed by atoms with Gasteiger partial charge >= 0.3 is 0 Å². The van der Waals surface area contributed by atoms with Crippen molar-refractivity contribution in [2.24, 2.45) is 0 Å². The van der Waals surface area contributed by atoms with Gasteiger partial charge in [0, 0.05) is 24.7 Å². The third kappa shape index (κ3) is 4.04. The monoisotopic (exact) mass is 352 g/mol. The zero-order valence-electron chi connectivity index (χ0n) is 15.5. The molecular weight excluding hydrogens is 324 g/mol. The molecule has 3 rings (SSSR count). The van der Waals surface area contributed by atoms with Gasteiger partial charge in [-0.05, 0) is 55.1 Å². The first kappa shape index (κ1) is 17.9. The molecule has 132 valence electrons. The number of aryl methyl sites for hydroxylation is 3.